The molecule has 1 aliphatic rings. The summed E-state index contributed by atoms with van der Waals surface area (Å²) in [6.45, 7) is 1.68. The molecular formula is C12H13N5O. The van der Waals surface area contributed by atoms with Crippen LogP contribution in [-0.4, -0.2) is 27.6 Å². The summed E-state index contributed by atoms with van der Waals surface area (Å²) in [6, 6.07) is 3.35. The second-order valence-corrected chi connectivity index (χ2v) is 4.15. The van der Waals surface area contributed by atoms with Gasteiger partial charge in [-0.1, -0.05) is 0 Å². The van der Waals surface area contributed by atoms with Gasteiger partial charge in [0.15, 0.2) is 5.82 Å². The lowest BCUT2D eigenvalue weighted by Crippen LogP contribution is -2.24. The van der Waals surface area contributed by atoms with Gasteiger partial charge in [0.05, 0.1) is 5.69 Å². The summed E-state index contributed by atoms with van der Waals surface area (Å²) >= 11 is 0. The summed E-state index contributed by atoms with van der Waals surface area (Å²) in [4.78, 5) is 15.9. The topological polar surface area (TPSA) is 82.7 Å². The molecule has 6 nitrogen and oxygen atoms in total. The molecule has 6 heteroatoms. The van der Waals surface area contributed by atoms with Crippen molar-refractivity contribution in [2.75, 3.05) is 11.9 Å². The van der Waals surface area contributed by atoms with E-state index in [0.717, 1.165) is 30.8 Å². The van der Waals surface area contributed by atoms with Crippen LogP contribution in [-0.2, 0) is 13.0 Å². The second-order valence-electron chi connectivity index (χ2n) is 4.15. The molecule has 0 unspecified atom stereocenters. The number of anilines is 1. The Kier molecular flexibility index (Phi) is 2.77. The second kappa shape index (κ2) is 4.58. The van der Waals surface area contributed by atoms with E-state index in [-0.39, 0.29) is 5.91 Å². The van der Waals surface area contributed by atoms with Gasteiger partial charge in [-0.05, 0) is 25.1 Å². The number of carbonyl (C=O) groups excluding carboxylic acids is 1. The van der Waals surface area contributed by atoms with E-state index in [1.54, 1.807) is 24.5 Å². The van der Waals surface area contributed by atoms with Crippen LogP contribution in [0.3, 0.4) is 0 Å². The average Bonchev–Trinajstić information content (AvgIpc) is 2.83. The lowest BCUT2D eigenvalue weighted by molar-refractivity contribution is 0.102. The van der Waals surface area contributed by atoms with Crippen LogP contribution in [0, 0.1) is 0 Å². The molecule has 92 valence electrons. The third kappa shape index (κ3) is 1.98. The quantitative estimate of drug-likeness (QED) is 0.725. The summed E-state index contributed by atoms with van der Waals surface area (Å²) in [5.41, 5.74) is 2.72. The molecule has 0 spiro atoms. The lowest BCUT2D eigenvalue weighted by atomic mass is 10.1. The molecule has 2 aromatic heterocycles. The SMILES string of the molecule is O=C(Nc1n[nH]c2c1CCNC2)c1ccncc1. The number of amides is 1. The molecule has 0 saturated carbocycles. The van der Waals surface area contributed by atoms with Crippen molar-refractivity contribution in [2.45, 2.75) is 13.0 Å². The number of H-pyrrole nitrogens is 1. The maximum atomic E-state index is 12.0. The molecule has 0 fully saturated rings. The fraction of sp³-hybridized carbons (Fsp3) is 0.250. The first-order chi connectivity index (χ1) is 8.84. The van der Waals surface area contributed by atoms with Gasteiger partial charge < -0.3 is 10.6 Å². The third-order valence-electron chi connectivity index (χ3n) is 2.98. The molecule has 1 aliphatic heterocycles. The number of aromatic nitrogens is 3. The van der Waals surface area contributed by atoms with Crippen molar-refractivity contribution >= 4 is 11.7 Å². The number of nitrogens with zero attached hydrogens (tertiary/aromatic N) is 2. The van der Waals surface area contributed by atoms with E-state index in [0.29, 0.717) is 11.4 Å². The zero-order valence-corrected chi connectivity index (χ0v) is 9.73. The van der Waals surface area contributed by atoms with Crippen LogP contribution in [0.15, 0.2) is 24.5 Å². The van der Waals surface area contributed by atoms with Crippen molar-refractivity contribution in [1.82, 2.24) is 20.5 Å². The molecule has 0 bridgehead atoms. The normalized spacial score (nSPS) is 14.0. The molecule has 3 heterocycles. The van der Waals surface area contributed by atoms with Gasteiger partial charge in [-0.3, -0.25) is 14.9 Å². The van der Waals surface area contributed by atoms with Gasteiger partial charge in [0.2, 0.25) is 0 Å². The smallest absolute Gasteiger partial charge is 0.256 e. The summed E-state index contributed by atoms with van der Waals surface area (Å²) in [5.74, 6) is 0.471. The van der Waals surface area contributed by atoms with Crippen LogP contribution >= 0.6 is 0 Å². The van der Waals surface area contributed by atoms with Gasteiger partial charge in [0, 0.05) is 30.1 Å². The summed E-state index contributed by atoms with van der Waals surface area (Å²) < 4.78 is 0. The molecule has 3 rings (SSSR count). The minimum atomic E-state index is -0.162. The minimum Gasteiger partial charge on any atom is -0.311 e. The van der Waals surface area contributed by atoms with Crippen LogP contribution in [0.25, 0.3) is 0 Å². The molecule has 3 N–H and O–H groups in total. The predicted octanol–water partition coefficient (Wildman–Crippen LogP) is 0.703. The highest BCUT2D eigenvalue weighted by atomic mass is 16.1. The van der Waals surface area contributed by atoms with E-state index >= 15 is 0 Å². The molecule has 0 radical (unpaired) electrons. The van der Waals surface area contributed by atoms with Crippen molar-refractivity contribution in [3.05, 3.63) is 41.3 Å². The number of nitrogens with one attached hydrogen (secondary N) is 3. The Bertz CT molecular complexity index is 563. The number of carbonyl (C=O) groups is 1. The first-order valence-corrected chi connectivity index (χ1v) is 5.83. The van der Waals surface area contributed by atoms with E-state index in [1.165, 1.54) is 0 Å². The van der Waals surface area contributed by atoms with Crippen LogP contribution < -0.4 is 10.6 Å². The number of aromatic amines is 1. The van der Waals surface area contributed by atoms with E-state index in [1.807, 2.05) is 0 Å². The van der Waals surface area contributed by atoms with Crippen molar-refractivity contribution in [3.8, 4) is 0 Å². The van der Waals surface area contributed by atoms with Gasteiger partial charge >= 0.3 is 0 Å². The maximum Gasteiger partial charge on any atom is 0.256 e. The summed E-state index contributed by atoms with van der Waals surface area (Å²) in [6.07, 6.45) is 4.06. The van der Waals surface area contributed by atoms with Crippen molar-refractivity contribution < 1.29 is 4.79 Å². The predicted molar refractivity (Wildman–Crippen MR) is 66.2 cm³/mol. The first kappa shape index (κ1) is 10.9. The van der Waals surface area contributed by atoms with E-state index in [2.05, 4.69) is 25.8 Å². The van der Waals surface area contributed by atoms with Crippen LogP contribution in [0.4, 0.5) is 5.82 Å². The largest absolute Gasteiger partial charge is 0.311 e. The number of rotatable bonds is 2. The fourth-order valence-corrected chi connectivity index (χ4v) is 2.03. The minimum absolute atomic E-state index is 0.162. The molecule has 18 heavy (non-hydrogen) atoms. The van der Waals surface area contributed by atoms with Gasteiger partial charge in [-0.25, -0.2) is 0 Å². The molecule has 1 amide bonds. The Morgan fingerprint density at radius 2 is 2.17 bits per heavy atom. The Hall–Kier alpha value is -2.21. The molecule has 0 aromatic carbocycles. The van der Waals surface area contributed by atoms with Gasteiger partial charge in [-0.2, -0.15) is 5.10 Å². The van der Waals surface area contributed by atoms with Crippen molar-refractivity contribution in [3.63, 3.8) is 0 Å². The van der Waals surface area contributed by atoms with Gasteiger partial charge in [0.25, 0.3) is 5.91 Å². The summed E-state index contributed by atoms with van der Waals surface area (Å²) in [5, 5.41) is 13.2. The van der Waals surface area contributed by atoms with E-state index in [4.69, 9.17) is 0 Å². The Labute approximate surface area is 104 Å². The van der Waals surface area contributed by atoms with E-state index < -0.39 is 0 Å². The van der Waals surface area contributed by atoms with Gasteiger partial charge in [0.1, 0.15) is 0 Å². The molecular weight excluding hydrogens is 230 g/mol. The Morgan fingerprint density at radius 3 is 3.00 bits per heavy atom. The zero-order chi connectivity index (χ0) is 12.4. The van der Waals surface area contributed by atoms with E-state index in [9.17, 15) is 4.79 Å². The third-order valence-corrected chi connectivity index (χ3v) is 2.98. The zero-order valence-electron chi connectivity index (χ0n) is 9.73. The molecule has 0 saturated heterocycles. The number of hydrogen-bond acceptors (Lipinski definition) is 4. The fourth-order valence-electron chi connectivity index (χ4n) is 2.03. The van der Waals surface area contributed by atoms with Crippen molar-refractivity contribution in [2.24, 2.45) is 0 Å². The maximum absolute atomic E-state index is 12.0. The highest BCUT2D eigenvalue weighted by Crippen LogP contribution is 2.20. The van der Waals surface area contributed by atoms with Crippen LogP contribution in [0.2, 0.25) is 0 Å². The molecule has 0 aliphatic carbocycles. The lowest BCUT2D eigenvalue weighted by Gasteiger charge is -2.12. The molecule has 0 atom stereocenters. The average molecular weight is 243 g/mol. The van der Waals surface area contributed by atoms with Crippen LogP contribution in [0.1, 0.15) is 21.6 Å². The highest BCUT2D eigenvalue weighted by Gasteiger charge is 2.18. The highest BCUT2D eigenvalue weighted by molar-refractivity contribution is 6.04. The monoisotopic (exact) mass is 243 g/mol. The first-order valence-electron chi connectivity index (χ1n) is 5.83. The summed E-state index contributed by atoms with van der Waals surface area (Å²) in [7, 11) is 0. The standard InChI is InChI=1S/C12H13N5O/c18-12(8-1-4-13-5-2-8)15-11-9-3-6-14-7-10(9)16-17-11/h1-2,4-5,14H,3,6-7H2,(H2,15,16,17,18). The number of hydrogen-bond donors (Lipinski definition) is 3. The van der Waals surface area contributed by atoms with Crippen molar-refractivity contribution in [1.29, 1.82) is 0 Å². The van der Waals surface area contributed by atoms with Crippen LogP contribution in [0.5, 0.6) is 0 Å². The molecule has 2 aromatic rings. The van der Waals surface area contributed by atoms with Gasteiger partial charge in [-0.15, -0.1) is 0 Å². The Morgan fingerprint density at radius 1 is 1.33 bits per heavy atom. The number of fused-ring (bicyclic) bond motifs is 1. The Balaban J connectivity index is 1.81. The number of pyridine rings is 1.